The van der Waals surface area contributed by atoms with E-state index in [2.05, 4.69) is 20.3 Å². The highest BCUT2D eigenvalue weighted by Gasteiger charge is 2.11. The first kappa shape index (κ1) is 13.3. The highest BCUT2D eigenvalue weighted by Crippen LogP contribution is 2.17. The maximum absolute atomic E-state index is 13.6. The fraction of sp³-hybridized carbons (Fsp3) is 0.214. The van der Waals surface area contributed by atoms with Gasteiger partial charge in [0.1, 0.15) is 17.7 Å². The second kappa shape index (κ2) is 5.35. The zero-order chi connectivity index (χ0) is 14.8. The lowest BCUT2D eigenvalue weighted by Crippen LogP contribution is -2.15. The first-order chi connectivity index (χ1) is 10.2. The molecule has 6 nitrogen and oxygen atoms in total. The van der Waals surface area contributed by atoms with Gasteiger partial charge < -0.3 is 10.3 Å². The van der Waals surface area contributed by atoms with E-state index in [1.807, 2.05) is 6.92 Å². The number of hydrogen-bond acceptors (Lipinski definition) is 4. The third-order valence-corrected chi connectivity index (χ3v) is 3.28. The van der Waals surface area contributed by atoms with Gasteiger partial charge in [-0.25, -0.2) is 19.2 Å². The van der Waals surface area contributed by atoms with Gasteiger partial charge in [-0.05, 0) is 13.0 Å². The van der Waals surface area contributed by atoms with Crippen molar-refractivity contribution in [1.29, 1.82) is 0 Å². The van der Waals surface area contributed by atoms with Crippen molar-refractivity contribution < 1.29 is 4.39 Å². The van der Waals surface area contributed by atoms with Crippen LogP contribution in [0.4, 0.5) is 10.2 Å². The van der Waals surface area contributed by atoms with Crippen LogP contribution in [-0.2, 0) is 13.1 Å². The van der Waals surface area contributed by atoms with Crippen LogP contribution in [0.5, 0.6) is 0 Å². The standard InChI is InChI=1S/C14H14FN5O/c1-2-20-13-11(19-14(20)21)12(17-8-18-13)16-7-9-5-3-4-6-10(9)15/h3-6,8H,2,7H2,1H3,(H,19,21)(H,16,17,18). The fourth-order valence-electron chi connectivity index (χ4n) is 2.21. The second-order valence-corrected chi connectivity index (χ2v) is 4.54. The lowest BCUT2D eigenvalue weighted by atomic mass is 10.2. The summed E-state index contributed by atoms with van der Waals surface area (Å²) in [5, 5.41) is 3.03. The van der Waals surface area contributed by atoms with Gasteiger partial charge in [0.2, 0.25) is 0 Å². The van der Waals surface area contributed by atoms with E-state index in [0.29, 0.717) is 29.1 Å². The third kappa shape index (κ3) is 2.37. The van der Waals surface area contributed by atoms with Gasteiger partial charge in [-0.2, -0.15) is 0 Å². The van der Waals surface area contributed by atoms with Gasteiger partial charge >= 0.3 is 5.69 Å². The Hall–Kier alpha value is -2.70. The Balaban J connectivity index is 1.95. The van der Waals surface area contributed by atoms with Gasteiger partial charge in [-0.3, -0.25) is 4.57 Å². The molecule has 0 atom stereocenters. The smallest absolute Gasteiger partial charge is 0.327 e. The van der Waals surface area contributed by atoms with Crippen LogP contribution in [0.1, 0.15) is 12.5 Å². The lowest BCUT2D eigenvalue weighted by molar-refractivity contribution is 0.613. The quantitative estimate of drug-likeness (QED) is 0.768. The average Bonchev–Trinajstić information content (AvgIpc) is 2.82. The van der Waals surface area contributed by atoms with E-state index in [-0.39, 0.29) is 18.1 Å². The first-order valence-electron chi connectivity index (χ1n) is 6.61. The van der Waals surface area contributed by atoms with E-state index >= 15 is 0 Å². The molecular weight excluding hydrogens is 273 g/mol. The largest absolute Gasteiger partial charge is 0.364 e. The molecule has 3 rings (SSSR count). The maximum atomic E-state index is 13.6. The predicted octanol–water partition coefficient (Wildman–Crippen LogP) is 1.89. The van der Waals surface area contributed by atoms with Crippen molar-refractivity contribution in [2.75, 3.05) is 5.32 Å². The second-order valence-electron chi connectivity index (χ2n) is 4.54. The summed E-state index contributed by atoms with van der Waals surface area (Å²) >= 11 is 0. The normalized spacial score (nSPS) is 11.0. The van der Waals surface area contributed by atoms with Crippen molar-refractivity contribution in [1.82, 2.24) is 19.5 Å². The highest BCUT2D eigenvalue weighted by molar-refractivity contribution is 5.82. The Morgan fingerprint density at radius 3 is 2.90 bits per heavy atom. The molecule has 0 unspecified atom stereocenters. The molecule has 21 heavy (non-hydrogen) atoms. The van der Waals surface area contributed by atoms with Crippen molar-refractivity contribution in [2.24, 2.45) is 0 Å². The summed E-state index contributed by atoms with van der Waals surface area (Å²) in [7, 11) is 0. The molecule has 0 bridgehead atoms. The predicted molar refractivity (Wildman–Crippen MR) is 77.5 cm³/mol. The number of halogens is 1. The summed E-state index contributed by atoms with van der Waals surface area (Å²) < 4.78 is 15.1. The number of anilines is 1. The molecule has 0 saturated carbocycles. The Morgan fingerprint density at radius 2 is 2.14 bits per heavy atom. The van der Waals surface area contributed by atoms with Gasteiger partial charge in [0.05, 0.1) is 0 Å². The summed E-state index contributed by atoms with van der Waals surface area (Å²) in [4.78, 5) is 22.8. The number of rotatable bonds is 4. The molecule has 2 heterocycles. The van der Waals surface area contributed by atoms with Gasteiger partial charge in [0.25, 0.3) is 0 Å². The van der Waals surface area contributed by atoms with E-state index in [4.69, 9.17) is 0 Å². The van der Waals surface area contributed by atoms with Gasteiger partial charge in [0.15, 0.2) is 11.5 Å². The number of benzene rings is 1. The van der Waals surface area contributed by atoms with E-state index < -0.39 is 0 Å². The topological polar surface area (TPSA) is 75.6 Å². The molecular formula is C14H14FN5O. The molecule has 0 amide bonds. The van der Waals surface area contributed by atoms with Crippen molar-refractivity contribution >= 4 is 17.0 Å². The SMILES string of the molecule is CCn1c(=O)[nH]c2c(NCc3ccccc3F)ncnc21. The molecule has 3 aromatic rings. The van der Waals surface area contributed by atoms with Crippen LogP contribution in [-0.4, -0.2) is 19.5 Å². The first-order valence-corrected chi connectivity index (χ1v) is 6.61. The number of aryl methyl sites for hydroxylation is 1. The molecule has 0 spiro atoms. The van der Waals surface area contributed by atoms with Gasteiger partial charge in [-0.1, -0.05) is 18.2 Å². The summed E-state index contributed by atoms with van der Waals surface area (Å²) in [6, 6.07) is 6.51. The van der Waals surface area contributed by atoms with Crippen LogP contribution < -0.4 is 11.0 Å². The Kier molecular flexibility index (Phi) is 3.39. The maximum Gasteiger partial charge on any atom is 0.327 e. The summed E-state index contributed by atoms with van der Waals surface area (Å²) in [6.07, 6.45) is 1.38. The number of aromatic nitrogens is 4. The van der Waals surface area contributed by atoms with E-state index in [1.54, 1.807) is 18.2 Å². The highest BCUT2D eigenvalue weighted by atomic mass is 19.1. The van der Waals surface area contributed by atoms with Crippen molar-refractivity contribution in [2.45, 2.75) is 20.0 Å². The van der Waals surface area contributed by atoms with Crippen LogP contribution in [0.2, 0.25) is 0 Å². The van der Waals surface area contributed by atoms with Crippen molar-refractivity contribution in [3.63, 3.8) is 0 Å². The minimum Gasteiger partial charge on any atom is -0.364 e. The number of H-pyrrole nitrogens is 1. The molecule has 1 aromatic carbocycles. The fourth-order valence-corrected chi connectivity index (χ4v) is 2.21. The number of fused-ring (bicyclic) bond motifs is 1. The zero-order valence-electron chi connectivity index (χ0n) is 11.4. The van der Waals surface area contributed by atoms with Crippen molar-refractivity contribution in [3.05, 3.63) is 52.5 Å². The molecule has 0 aliphatic heterocycles. The van der Waals surface area contributed by atoms with E-state index in [1.165, 1.54) is 17.0 Å². The summed E-state index contributed by atoms with van der Waals surface area (Å²) in [5.41, 5.74) is 1.36. The van der Waals surface area contributed by atoms with Gasteiger partial charge in [-0.15, -0.1) is 0 Å². The molecule has 0 aliphatic rings. The average molecular weight is 287 g/mol. The molecule has 108 valence electrons. The zero-order valence-corrected chi connectivity index (χ0v) is 11.4. The molecule has 0 radical (unpaired) electrons. The third-order valence-electron chi connectivity index (χ3n) is 3.28. The number of imidazole rings is 1. The molecule has 0 saturated heterocycles. The van der Waals surface area contributed by atoms with E-state index in [9.17, 15) is 9.18 Å². The Morgan fingerprint density at radius 1 is 1.33 bits per heavy atom. The van der Waals surface area contributed by atoms with Gasteiger partial charge in [0, 0.05) is 18.7 Å². The molecule has 0 aliphatic carbocycles. The van der Waals surface area contributed by atoms with Crippen molar-refractivity contribution in [3.8, 4) is 0 Å². The Bertz CT molecular complexity index is 839. The Labute approximate surface area is 119 Å². The number of hydrogen-bond donors (Lipinski definition) is 2. The molecule has 7 heteroatoms. The number of nitrogens with one attached hydrogen (secondary N) is 2. The number of nitrogens with zero attached hydrogens (tertiary/aromatic N) is 3. The minimum absolute atomic E-state index is 0.234. The van der Waals surface area contributed by atoms with Crippen LogP contribution in [0.3, 0.4) is 0 Å². The summed E-state index contributed by atoms with van der Waals surface area (Å²) in [5.74, 6) is 0.197. The van der Waals surface area contributed by atoms with Crippen LogP contribution in [0, 0.1) is 5.82 Å². The molecule has 2 N–H and O–H groups in total. The van der Waals surface area contributed by atoms with E-state index in [0.717, 1.165) is 0 Å². The molecule has 0 fully saturated rings. The molecule has 2 aromatic heterocycles. The number of aromatic amines is 1. The minimum atomic E-state index is -0.282. The van der Waals surface area contributed by atoms with Crippen LogP contribution in [0.25, 0.3) is 11.2 Å². The van der Waals surface area contributed by atoms with Crippen LogP contribution >= 0.6 is 0 Å². The lowest BCUT2D eigenvalue weighted by Gasteiger charge is -2.07. The monoisotopic (exact) mass is 287 g/mol. The summed E-state index contributed by atoms with van der Waals surface area (Å²) in [6.45, 7) is 2.66. The van der Waals surface area contributed by atoms with Crippen LogP contribution in [0.15, 0.2) is 35.4 Å².